The fraction of sp³-hybridized carbons (Fsp3) is 0.667. The number of ether oxygens (including phenoxy) is 1. The van der Waals surface area contributed by atoms with Crippen molar-refractivity contribution in [3.63, 3.8) is 0 Å². The van der Waals surface area contributed by atoms with Crippen molar-refractivity contribution in [1.82, 2.24) is 4.98 Å². The number of fused-ring (bicyclic) bond motifs is 5. The van der Waals surface area contributed by atoms with Crippen LogP contribution in [0.2, 0.25) is 0 Å². The maximum atomic E-state index is 12.0. The lowest BCUT2D eigenvalue weighted by Crippen LogP contribution is -2.51. The van der Waals surface area contributed by atoms with Gasteiger partial charge in [-0.15, -0.1) is 0 Å². The third-order valence-electron chi connectivity index (χ3n) is 8.94. The molecule has 4 aliphatic rings. The van der Waals surface area contributed by atoms with E-state index in [0.29, 0.717) is 18.9 Å². The van der Waals surface area contributed by atoms with Crippen molar-refractivity contribution in [2.24, 2.45) is 34.5 Å². The predicted molar refractivity (Wildman–Crippen MR) is 106 cm³/mol. The van der Waals surface area contributed by atoms with Crippen LogP contribution in [0, 0.1) is 34.5 Å². The molecule has 2 heterocycles. The third kappa shape index (κ3) is 2.53. The van der Waals surface area contributed by atoms with Gasteiger partial charge in [0.25, 0.3) is 0 Å². The molecule has 0 radical (unpaired) electrons. The van der Waals surface area contributed by atoms with Crippen LogP contribution >= 0.6 is 0 Å². The Labute approximate surface area is 162 Å². The highest BCUT2D eigenvalue weighted by molar-refractivity contribution is 5.72. The second-order valence-electron chi connectivity index (χ2n) is 9.88. The first-order valence-electron chi connectivity index (χ1n) is 10.8. The van der Waals surface area contributed by atoms with Crippen molar-refractivity contribution >= 4 is 11.5 Å². The van der Waals surface area contributed by atoms with E-state index in [4.69, 9.17) is 4.74 Å². The smallest absolute Gasteiger partial charge is 0.306 e. The summed E-state index contributed by atoms with van der Waals surface area (Å²) in [7, 11) is 0. The molecule has 3 aliphatic carbocycles. The average Bonchev–Trinajstić information content (AvgIpc) is 2.93. The first-order valence-corrected chi connectivity index (χ1v) is 10.8. The van der Waals surface area contributed by atoms with Crippen LogP contribution in [0.4, 0.5) is 0 Å². The summed E-state index contributed by atoms with van der Waals surface area (Å²) < 4.78 is 5.46. The van der Waals surface area contributed by atoms with Crippen molar-refractivity contribution in [2.75, 3.05) is 6.61 Å². The third-order valence-corrected chi connectivity index (χ3v) is 8.94. The topological polar surface area (TPSA) is 39.2 Å². The first kappa shape index (κ1) is 17.5. The van der Waals surface area contributed by atoms with Gasteiger partial charge in [0.1, 0.15) is 0 Å². The van der Waals surface area contributed by atoms with Gasteiger partial charge in [-0.1, -0.05) is 26.0 Å². The van der Waals surface area contributed by atoms with Crippen LogP contribution in [0.5, 0.6) is 0 Å². The molecule has 3 nitrogen and oxygen atoms in total. The first-order chi connectivity index (χ1) is 13.0. The number of allylic oxidation sites excluding steroid dienone is 2. The Bertz CT molecular complexity index is 772. The SMILES string of the molecule is CC12CCC3C(CCC4CC(=O)OCCC43C)C1CC=C2c1cccnc1. The maximum Gasteiger partial charge on any atom is 0.306 e. The monoisotopic (exact) mass is 365 g/mol. The molecular weight excluding hydrogens is 334 g/mol. The standard InChI is InChI=1S/C24H31NO2/c1-23-11-13-27-22(26)14-17(23)5-6-18-20-8-7-19(16-4-3-12-25-15-16)24(20,2)10-9-21(18)23/h3-4,7,12,15,17-18,20-21H,5-6,8-11,13-14H2,1-2H3. The minimum atomic E-state index is 0.0317. The molecule has 1 aromatic rings. The average molecular weight is 366 g/mol. The minimum Gasteiger partial charge on any atom is -0.466 e. The van der Waals surface area contributed by atoms with Crippen molar-refractivity contribution < 1.29 is 9.53 Å². The highest BCUT2D eigenvalue weighted by atomic mass is 16.5. The summed E-state index contributed by atoms with van der Waals surface area (Å²) in [6.07, 6.45) is 14.3. The molecule has 27 heavy (non-hydrogen) atoms. The quantitative estimate of drug-likeness (QED) is 0.636. The van der Waals surface area contributed by atoms with E-state index in [-0.39, 0.29) is 16.8 Å². The van der Waals surface area contributed by atoms with Gasteiger partial charge in [0, 0.05) is 18.8 Å². The lowest BCUT2D eigenvalue weighted by atomic mass is 9.46. The second-order valence-corrected chi connectivity index (χ2v) is 9.88. The van der Waals surface area contributed by atoms with E-state index in [1.54, 1.807) is 0 Å². The molecule has 1 aromatic heterocycles. The van der Waals surface area contributed by atoms with Gasteiger partial charge in [-0.3, -0.25) is 9.78 Å². The number of carbonyl (C=O) groups excluding carboxylic acids is 1. The van der Waals surface area contributed by atoms with Crippen molar-refractivity contribution in [2.45, 2.75) is 58.8 Å². The van der Waals surface area contributed by atoms with Crippen LogP contribution in [0.3, 0.4) is 0 Å². The van der Waals surface area contributed by atoms with Crippen LogP contribution in [-0.4, -0.2) is 17.6 Å². The number of pyridine rings is 1. The summed E-state index contributed by atoms with van der Waals surface area (Å²) in [4.78, 5) is 16.4. The zero-order valence-electron chi connectivity index (χ0n) is 16.6. The Morgan fingerprint density at radius 2 is 2.04 bits per heavy atom. The summed E-state index contributed by atoms with van der Waals surface area (Å²) in [5, 5.41) is 0. The number of hydrogen-bond acceptors (Lipinski definition) is 3. The Hall–Kier alpha value is -1.64. The fourth-order valence-electron chi connectivity index (χ4n) is 7.44. The lowest BCUT2D eigenvalue weighted by Gasteiger charge is -2.58. The number of nitrogens with zero attached hydrogens (tertiary/aromatic N) is 1. The molecule has 3 fully saturated rings. The maximum absolute atomic E-state index is 12.0. The molecule has 3 heteroatoms. The van der Waals surface area contributed by atoms with Gasteiger partial charge in [-0.05, 0) is 90.2 Å². The molecule has 6 atom stereocenters. The number of esters is 1. The molecule has 0 amide bonds. The van der Waals surface area contributed by atoms with Gasteiger partial charge in [-0.2, -0.15) is 0 Å². The zero-order chi connectivity index (χ0) is 18.6. The van der Waals surface area contributed by atoms with Crippen LogP contribution in [0.1, 0.15) is 64.4 Å². The largest absolute Gasteiger partial charge is 0.466 e. The van der Waals surface area contributed by atoms with E-state index in [0.717, 1.165) is 24.2 Å². The molecule has 0 bridgehead atoms. The number of carbonyl (C=O) groups is 1. The summed E-state index contributed by atoms with van der Waals surface area (Å²) >= 11 is 0. The van der Waals surface area contributed by atoms with Gasteiger partial charge < -0.3 is 4.74 Å². The molecule has 0 aromatic carbocycles. The summed E-state index contributed by atoms with van der Waals surface area (Å²) in [5.74, 6) is 2.81. The van der Waals surface area contributed by atoms with E-state index >= 15 is 0 Å². The van der Waals surface area contributed by atoms with E-state index in [9.17, 15) is 4.79 Å². The summed E-state index contributed by atoms with van der Waals surface area (Å²) in [6.45, 7) is 5.60. The fourth-order valence-corrected chi connectivity index (χ4v) is 7.44. The number of hydrogen-bond donors (Lipinski definition) is 0. The Morgan fingerprint density at radius 3 is 2.85 bits per heavy atom. The van der Waals surface area contributed by atoms with E-state index < -0.39 is 0 Å². The second kappa shape index (κ2) is 6.18. The Kier molecular flexibility index (Phi) is 4.00. The van der Waals surface area contributed by atoms with Crippen molar-refractivity contribution in [1.29, 1.82) is 0 Å². The van der Waals surface area contributed by atoms with Gasteiger partial charge in [0.2, 0.25) is 0 Å². The number of cyclic esters (lactones) is 1. The highest BCUT2D eigenvalue weighted by Gasteiger charge is 2.58. The molecular formula is C24H31NO2. The van der Waals surface area contributed by atoms with Crippen LogP contribution in [0.25, 0.3) is 5.57 Å². The molecule has 2 saturated carbocycles. The summed E-state index contributed by atoms with van der Waals surface area (Å²) in [6, 6.07) is 4.29. The molecule has 1 aliphatic heterocycles. The van der Waals surface area contributed by atoms with Crippen molar-refractivity contribution in [3.05, 3.63) is 36.2 Å². The lowest BCUT2D eigenvalue weighted by molar-refractivity contribution is -0.143. The predicted octanol–water partition coefficient (Wildman–Crippen LogP) is 5.27. The van der Waals surface area contributed by atoms with E-state index in [1.807, 2.05) is 12.4 Å². The van der Waals surface area contributed by atoms with Crippen molar-refractivity contribution in [3.8, 4) is 0 Å². The van der Waals surface area contributed by atoms with E-state index in [1.165, 1.54) is 43.2 Å². The summed E-state index contributed by atoms with van der Waals surface area (Å²) in [5.41, 5.74) is 3.40. The van der Waals surface area contributed by atoms with Gasteiger partial charge >= 0.3 is 5.97 Å². The highest BCUT2D eigenvalue weighted by Crippen LogP contribution is 2.66. The van der Waals surface area contributed by atoms with E-state index in [2.05, 4.69) is 37.0 Å². The molecule has 0 spiro atoms. The van der Waals surface area contributed by atoms with Crippen LogP contribution in [0.15, 0.2) is 30.6 Å². The minimum absolute atomic E-state index is 0.0317. The molecule has 0 N–H and O–H groups in total. The number of aromatic nitrogens is 1. The Balaban J connectivity index is 1.45. The molecule has 1 saturated heterocycles. The molecule has 6 unspecified atom stereocenters. The molecule has 5 rings (SSSR count). The van der Waals surface area contributed by atoms with Gasteiger partial charge in [0.05, 0.1) is 6.61 Å². The molecule has 144 valence electrons. The normalized spacial score (nSPS) is 43.6. The number of rotatable bonds is 1. The van der Waals surface area contributed by atoms with Gasteiger partial charge in [0.15, 0.2) is 0 Å². The van der Waals surface area contributed by atoms with Crippen LogP contribution in [-0.2, 0) is 9.53 Å². The zero-order valence-corrected chi connectivity index (χ0v) is 16.6. The van der Waals surface area contributed by atoms with Crippen LogP contribution < -0.4 is 0 Å². The van der Waals surface area contributed by atoms with Gasteiger partial charge in [-0.25, -0.2) is 0 Å². The Morgan fingerprint density at radius 1 is 1.15 bits per heavy atom.